The summed E-state index contributed by atoms with van der Waals surface area (Å²) in [5.74, 6) is 0.0275. The number of hydrogen-bond donors (Lipinski definition) is 1. The molecule has 0 fully saturated rings. The van der Waals surface area contributed by atoms with E-state index in [0.717, 1.165) is 0 Å². The fourth-order valence-corrected chi connectivity index (χ4v) is 2.05. The van der Waals surface area contributed by atoms with Crippen LogP contribution in [0.2, 0.25) is 0 Å². The highest BCUT2D eigenvalue weighted by Crippen LogP contribution is 2.33. The van der Waals surface area contributed by atoms with E-state index in [0.29, 0.717) is 23.6 Å². The molecule has 0 aliphatic rings. The van der Waals surface area contributed by atoms with Gasteiger partial charge in [-0.25, -0.2) is 9.37 Å². The third kappa shape index (κ3) is 2.42. The molecule has 1 heterocycles. The number of nitrogens with two attached hydrogens (primary N) is 1. The zero-order valence-electron chi connectivity index (χ0n) is 10.9. The Hall–Kier alpha value is -2.01. The highest BCUT2D eigenvalue weighted by molar-refractivity contribution is 5.38. The van der Waals surface area contributed by atoms with E-state index in [4.69, 9.17) is 10.5 Å². The summed E-state index contributed by atoms with van der Waals surface area (Å²) in [6.45, 7) is 1.92. The Bertz CT molecular complexity index is 576. The van der Waals surface area contributed by atoms with Crippen molar-refractivity contribution in [2.24, 2.45) is 5.73 Å². The van der Waals surface area contributed by atoms with E-state index in [1.54, 1.807) is 18.3 Å². The number of ether oxygens (including phenoxy) is 1. The third-order valence-electron chi connectivity index (χ3n) is 3.18. The first kappa shape index (κ1) is 13.4. The fraction of sp³-hybridized carbons (Fsp3) is 0.286. The Balaban J connectivity index is 2.59. The quantitative estimate of drug-likeness (QED) is 0.916. The highest BCUT2D eigenvalue weighted by Gasteiger charge is 2.33. The Labute approximate surface area is 111 Å². The van der Waals surface area contributed by atoms with Gasteiger partial charge in [0.2, 0.25) is 5.88 Å². The molecule has 0 amide bonds. The van der Waals surface area contributed by atoms with E-state index in [9.17, 15) is 4.39 Å². The van der Waals surface area contributed by atoms with E-state index < -0.39 is 5.54 Å². The van der Waals surface area contributed by atoms with Crippen LogP contribution >= 0.6 is 0 Å². The summed E-state index contributed by atoms with van der Waals surface area (Å²) < 4.78 is 18.6. The minimum Gasteiger partial charge on any atom is -0.480 e. The molecular weight excluding hydrogens is 245 g/mol. The second-order valence-electron chi connectivity index (χ2n) is 4.25. The van der Waals surface area contributed by atoms with Crippen LogP contribution in [-0.4, -0.2) is 17.1 Å². The molecule has 1 atom stereocenters. The smallest absolute Gasteiger partial charge is 0.237 e. The Kier molecular flexibility index (Phi) is 3.76. The standard InChI is InChI=1S/C14H16FN3O/c1-3-14(16,10-5-4-6-11(15)9-10)12-13(19-2)18-8-7-17-12/h4-9H,3,16H2,1-2H3. The molecule has 0 saturated heterocycles. The van der Waals surface area contributed by atoms with Crippen molar-refractivity contribution in [3.05, 3.63) is 53.7 Å². The minimum absolute atomic E-state index is 0.330. The van der Waals surface area contributed by atoms with Crippen LogP contribution < -0.4 is 10.5 Å². The maximum atomic E-state index is 13.4. The summed E-state index contributed by atoms with van der Waals surface area (Å²) in [4.78, 5) is 8.36. The highest BCUT2D eigenvalue weighted by atomic mass is 19.1. The topological polar surface area (TPSA) is 61.0 Å². The van der Waals surface area contributed by atoms with Gasteiger partial charge < -0.3 is 10.5 Å². The van der Waals surface area contributed by atoms with Crippen LogP contribution in [0.3, 0.4) is 0 Å². The molecule has 2 aromatic rings. The molecule has 0 saturated carbocycles. The average Bonchev–Trinajstić information content (AvgIpc) is 2.46. The van der Waals surface area contributed by atoms with Gasteiger partial charge in [-0.1, -0.05) is 19.1 Å². The van der Waals surface area contributed by atoms with E-state index in [1.165, 1.54) is 25.4 Å². The van der Waals surface area contributed by atoms with E-state index >= 15 is 0 Å². The summed E-state index contributed by atoms with van der Waals surface area (Å²) in [6, 6.07) is 6.20. The van der Waals surface area contributed by atoms with Crippen LogP contribution in [0.1, 0.15) is 24.6 Å². The van der Waals surface area contributed by atoms with Gasteiger partial charge in [-0.2, -0.15) is 0 Å². The molecule has 2 rings (SSSR count). The number of aromatic nitrogens is 2. The summed E-state index contributed by atoms with van der Waals surface area (Å²) in [6.07, 6.45) is 3.63. The molecule has 19 heavy (non-hydrogen) atoms. The molecule has 0 radical (unpaired) electrons. The number of halogens is 1. The van der Waals surface area contributed by atoms with Crippen molar-refractivity contribution >= 4 is 0 Å². The van der Waals surface area contributed by atoms with Crippen molar-refractivity contribution in [2.45, 2.75) is 18.9 Å². The zero-order valence-corrected chi connectivity index (χ0v) is 10.9. The van der Waals surface area contributed by atoms with Gasteiger partial charge in [-0.05, 0) is 24.1 Å². The normalized spacial score (nSPS) is 13.9. The SMILES string of the molecule is CCC(N)(c1cccc(F)c1)c1nccnc1OC. The molecule has 1 unspecified atom stereocenters. The van der Waals surface area contributed by atoms with Gasteiger partial charge in [-0.3, -0.25) is 4.98 Å². The van der Waals surface area contributed by atoms with Crippen LogP contribution in [0.25, 0.3) is 0 Å². The molecule has 0 spiro atoms. The maximum absolute atomic E-state index is 13.4. The first-order chi connectivity index (χ1) is 9.11. The minimum atomic E-state index is -0.929. The van der Waals surface area contributed by atoms with Crippen molar-refractivity contribution in [2.75, 3.05) is 7.11 Å². The van der Waals surface area contributed by atoms with Gasteiger partial charge in [0.15, 0.2) is 0 Å². The van der Waals surface area contributed by atoms with Gasteiger partial charge >= 0.3 is 0 Å². The molecule has 0 bridgehead atoms. The lowest BCUT2D eigenvalue weighted by molar-refractivity contribution is 0.368. The van der Waals surface area contributed by atoms with E-state index in [2.05, 4.69) is 9.97 Å². The van der Waals surface area contributed by atoms with Gasteiger partial charge in [0.05, 0.1) is 12.6 Å². The van der Waals surface area contributed by atoms with Gasteiger partial charge in [0, 0.05) is 12.4 Å². The number of benzene rings is 1. The first-order valence-corrected chi connectivity index (χ1v) is 6.02. The number of nitrogens with zero attached hydrogens (tertiary/aromatic N) is 2. The Morgan fingerprint density at radius 2 is 2.05 bits per heavy atom. The molecule has 1 aromatic heterocycles. The monoisotopic (exact) mass is 261 g/mol. The van der Waals surface area contributed by atoms with E-state index in [-0.39, 0.29) is 5.82 Å². The van der Waals surface area contributed by atoms with Crippen LogP contribution in [0, 0.1) is 5.82 Å². The Morgan fingerprint density at radius 1 is 1.32 bits per heavy atom. The lowest BCUT2D eigenvalue weighted by atomic mass is 9.85. The van der Waals surface area contributed by atoms with Gasteiger partial charge in [-0.15, -0.1) is 0 Å². The first-order valence-electron chi connectivity index (χ1n) is 6.02. The van der Waals surface area contributed by atoms with Crippen LogP contribution in [0.15, 0.2) is 36.7 Å². The van der Waals surface area contributed by atoms with Gasteiger partial charge in [0.25, 0.3) is 0 Å². The summed E-state index contributed by atoms with van der Waals surface area (Å²) in [5.41, 5.74) is 6.66. The van der Waals surface area contributed by atoms with Crippen molar-refractivity contribution in [3.8, 4) is 5.88 Å². The molecule has 4 nitrogen and oxygen atoms in total. The van der Waals surface area contributed by atoms with Crippen molar-refractivity contribution in [1.82, 2.24) is 9.97 Å². The molecule has 2 N–H and O–H groups in total. The molecule has 5 heteroatoms. The van der Waals surface area contributed by atoms with Crippen LogP contribution in [0.4, 0.5) is 4.39 Å². The second-order valence-corrected chi connectivity index (χ2v) is 4.25. The number of hydrogen-bond acceptors (Lipinski definition) is 4. The second kappa shape index (κ2) is 5.32. The zero-order chi connectivity index (χ0) is 13.9. The number of rotatable bonds is 4. The molecule has 0 aliphatic carbocycles. The van der Waals surface area contributed by atoms with Crippen molar-refractivity contribution in [1.29, 1.82) is 0 Å². The van der Waals surface area contributed by atoms with Gasteiger partial charge in [0.1, 0.15) is 11.5 Å². The molecule has 0 aliphatic heterocycles. The lowest BCUT2D eigenvalue weighted by Crippen LogP contribution is -2.38. The van der Waals surface area contributed by atoms with Crippen molar-refractivity contribution < 1.29 is 9.13 Å². The predicted molar refractivity (Wildman–Crippen MR) is 70.2 cm³/mol. The largest absolute Gasteiger partial charge is 0.480 e. The molecule has 100 valence electrons. The molecule has 1 aromatic carbocycles. The summed E-state index contributed by atoms with van der Waals surface area (Å²) >= 11 is 0. The van der Waals surface area contributed by atoms with Crippen LogP contribution in [0.5, 0.6) is 5.88 Å². The van der Waals surface area contributed by atoms with Crippen LogP contribution in [-0.2, 0) is 5.54 Å². The predicted octanol–water partition coefficient (Wildman–Crippen LogP) is 2.24. The Morgan fingerprint density at radius 3 is 2.68 bits per heavy atom. The average molecular weight is 261 g/mol. The maximum Gasteiger partial charge on any atom is 0.237 e. The lowest BCUT2D eigenvalue weighted by Gasteiger charge is -2.28. The molecular formula is C14H16FN3O. The van der Waals surface area contributed by atoms with Crippen molar-refractivity contribution in [3.63, 3.8) is 0 Å². The fourth-order valence-electron chi connectivity index (χ4n) is 2.05. The number of methoxy groups -OCH3 is 1. The van der Waals surface area contributed by atoms with E-state index in [1.807, 2.05) is 6.92 Å². The summed E-state index contributed by atoms with van der Waals surface area (Å²) in [7, 11) is 1.51. The summed E-state index contributed by atoms with van der Waals surface area (Å²) in [5, 5.41) is 0. The third-order valence-corrected chi connectivity index (χ3v) is 3.18.